The van der Waals surface area contributed by atoms with Crippen LogP contribution >= 0.6 is 0 Å². The number of hydrogen-bond donors (Lipinski definition) is 3. The largest absolute Gasteiger partial charge is 0.384 e. The van der Waals surface area contributed by atoms with Gasteiger partial charge in [-0.2, -0.15) is 9.97 Å². The molecule has 0 bridgehead atoms. The van der Waals surface area contributed by atoms with E-state index in [1.54, 1.807) is 7.11 Å². The number of rotatable bonds is 8. The molecule has 6 nitrogen and oxygen atoms in total. The molecule has 18 heavy (non-hydrogen) atoms. The van der Waals surface area contributed by atoms with Gasteiger partial charge >= 0.3 is 0 Å². The molecule has 0 radical (unpaired) electrons. The molecule has 0 fully saturated rings. The lowest BCUT2D eigenvalue weighted by Gasteiger charge is -2.13. The second-order valence-corrected chi connectivity index (χ2v) is 4.36. The molecular weight excluding hydrogens is 230 g/mol. The van der Waals surface area contributed by atoms with Crippen molar-refractivity contribution in [1.29, 1.82) is 0 Å². The van der Waals surface area contributed by atoms with Crippen molar-refractivity contribution in [3.8, 4) is 0 Å². The standard InChI is InChI=1S/C12H23N5O/c1-4-5-14-10-6-11(17-12(13)16-10)15-7-9(2)8-18-3/h6,9H,4-5,7-8H2,1-3H3,(H4,13,14,15,16,17). The van der Waals surface area contributed by atoms with E-state index >= 15 is 0 Å². The van der Waals surface area contributed by atoms with Gasteiger partial charge in [-0.05, 0) is 12.3 Å². The number of nitrogens with zero attached hydrogens (tertiary/aromatic N) is 2. The molecular formula is C12H23N5O. The summed E-state index contributed by atoms with van der Waals surface area (Å²) in [6.45, 7) is 6.59. The Morgan fingerprint density at radius 2 is 2.00 bits per heavy atom. The van der Waals surface area contributed by atoms with Crippen LogP contribution in [0.25, 0.3) is 0 Å². The maximum absolute atomic E-state index is 5.67. The molecule has 0 aliphatic rings. The molecule has 0 saturated heterocycles. The molecule has 4 N–H and O–H groups in total. The first-order valence-electron chi connectivity index (χ1n) is 6.27. The van der Waals surface area contributed by atoms with Gasteiger partial charge in [-0.25, -0.2) is 0 Å². The van der Waals surface area contributed by atoms with Crippen molar-refractivity contribution in [3.63, 3.8) is 0 Å². The monoisotopic (exact) mass is 253 g/mol. The number of nitrogens with two attached hydrogens (primary N) is 1. The third-order valence-electron chi connectivity index (χ3n) is 2.38. The normalized spacial score (nSPS) is 12.2. The molecule has 1 rings (SSSR count). The van der Waals surface area contributed by atoms with E-state index in [9.17, 15) is 0 Å². The molecule has 0 spiro atoms. The zero-order valence-electron chi connectivity index (χ0n) is 11.4. The Labute approximate surface area is 108 Å². The van der Waals surface area contributed by atoms with Crippen molar-refractivity contribution in [1.82, 2.24) is 9.97 Å². The topological polar surface area (TPSA) is 85.1 Å². The molecule has 0 aliphatic heterocycles. The summed E-state index contributed by atoms with van der Waals surface area (Å²) in [6, 6.07) is 1.87. The molecule has 0 saturated carbocycles. The quantitative estimate of drug-likeness (QED) is 0.652. The van der Waals surface area contributed by atoms with Crippen LogP contribution in [-0.2, 0) is 4.74 Å². The van der Waals surface area contributed by atoms with Gasteiger partial charge < -0.3 is 21.1 Å². The average Bonchev–Trinajstić information content (AvgIpc) is 2.34. The summed E-state index contributed by atoms with van der Waals surface area (Å²) < 4.78 is 5.08. The molecule has 6 heteroatoms. The van der Waals surface area contributed by atoms with Crippen LogP contribution in [0.1, 0.15) is 20.3 Å². The first-order valence-corrected chi connectivity index (χ1v) is 6.27. The van der Waals surface area contributed by atoms with E-state index in [1.807, 2.05) is 6.07 Å². The molecule has 1 aromatic heterocycles. The predicted octanol–water partition coefficient (Wildman–Crippen LogP) is 1.58. The summed E-state index contributed by atoms with van der Waals surface area (Å²) in [5, 5.41) is 6.43. The van der Waals surface area contributed by atoms with Crippen molar-refractivity contribution in [2.45, 2.75) is 20.3 Å². The number of nitrogen functional groups attached to an aromatic ring is 1. The fraction of sp³-hybridized carbons (Fsp3) is 0.667. The van der Waals surface area contributed by atoms with Gasteiger partial charge in [0.25, 0.3) is 0 Å². The lowest BCUT2D eigenvalue weighted by atomic mass is 10.2. The number of anilines is 3. The highest BCUT2D eigenvalue weighted by atomic mass is 16.5. The first kappa shape index (κ1) is 14.5. The van der Waals surface area contributed by atoms with Crippen LogP contribution in [0.4, 0.5) is 17.6 Å². The van der Waals surface area contributed by atoms with Gasteiger partial charge in [0.1, 0.15) is 11.6 Å². The van der Waals surface area contributed by atoms with Crippen molar-refractivity contribution >= 4 is 17.6 Å². The van der Waals surface area contributed by atoms with Gasteiger partial charge in [-0.1, -0.05) is 13.8 Å². The Hall–Kier alpha value is -1.56. The van der Waals surface area contributed by atoms with Crippen molar-refractivity contribution in [3.05, 3.63) is 6.07 Å². The summed E-state index contributed by atoms with van der Waals surface area (Å²) in [7, 11) is 1.70. The number of nitrogens with one attached hydrogen (secondary N) is 2. The predicted molar refractivity (Wildman–Crippen MR) is 74.8 cm³/mol. The first-order chi connectivity index (χ1) is 8.65. The number of aromatic nitrogens is 2. The minimum absolute atomic E-state index is 0.276. The molecule has 1 unspecified atom stereocenters. The molecule has 1 aromatic rings. The molecule has 1 atom stereocenters. The molecule has 1 heterocycles. The highest BCUT2D eigenvalue weighted by molar-refractivity contribution is 5.50. The van der Waals surface area contributed by atoms with E-state index in [0.717, 1.165) is 31.1 Å². The third kappa shape index (κ3) is 5.18. The van der Waals surface area contributed by atoms with Gasteiger partial charge in [0.2, 0.25) is 5.95 Å². The molecule has 0 aliphatic carbocycles. The Balaban J connectivity index is 2.56. The summed E-state index contributed by atoms with van der Waals surface area (Å²) in [4.78, 5) is 8.27. The summed E-state index contributed by atoms with van der Waals surface area (Å²) in [5.74, 6) is 2.19. The van der Waals surface area contributed by atoms with E-state index in [0.29, 0.717) is 12.5 Å². The highest BCUT2D eigenvalue weighted by Crippen LogP contribution is 2.13. The fourth-order valence-corrected chi connectivity index (χ4v) is 1.52. The third-order valence-corrected chi connectivity index (χ3v) is 2.38. The van der Waals surface area contributed by atoms with E-state index < -0.39 is 0 Å². The summed E-state index contributed by atoms with van der Waals surface area (Å²) >= 11 is 0. The van der Waals surface area contributed by atoms with Crippen LogP contribution in [-0.4, -0.2) is 36.8 Å². The Bertz CT molecular complexity index is 358. The molecule has 0 aromatic carbocycles. The van der Waals surface area contributed by atoms with Crippen molar-refractivity contribution in [2.75, 3.05) is 43.2 Å². The van der Waals surface area contributed by atoms with Crippen LogP contribution in [0.5, 0.6) is 0 Å². The average molecular weight is 253 g/mol. The Morgan fingerprint density at radius 3 is 2.61 bits per heavy atom. The SMILES string of the molecule is CCCNc1cc(NCC(C)COC)nc(N)n1. The second-order valence-electron chi connectivity index (χ2n) is 4.36. The van der Waals surface area contributed by atoms with Gasteiger partial charge in [0.15, 0.2) is 0 Å². The maximum Gasteiger partial charge on any atom is 0.223 e. The summed E-state index contributed by atoms with van der Waals surface area (Å²) in [5.41, 5.74) is 5.67. The lowest BCUT2D eigenvalue weighted by molar-refractivity contribution is 0.164. The van der Waals surface area contributed by atoms with Gasteiger partial charge in [0.05, 0.1) is 6.61 Å². The van der Waals surface area contributed by atoms with Crippen molar-refractivity contribution in [2.24, 2.45) is 5.92 Å². The zero-order chi connectivity index (χ0) is 13.4. The highest BCUT2D eigenvalue weighted by Gasteiger charge is 2.04. The van der Waals surface area contributed by atoms with Gasteiger partial charge in [-0.15, -0.1) is 0 Å². The van der Waals surface area contributed by atoms with Gasteiger partial charge in [0, 0.05) is 26.3 Å². The van der Waals surface area contributed by atoms with E-state index in [1.165, 1.54) is 0 Å². The van der Waals surface area contributed by atoms with Crippen LogP contribution in [0, 0.1) is 5.92 Å². The summed E-state index contributed by atoms with van der Waals surface area (Å²) in [6.07, 6.45) is 1.04. The fourth-order valence-electron chi connectivity index (χ4n) is 1.52. The van der Waals surface area contributed by atoms with E-state index in [2.05, 4.69) is 34.4 Å². The minimum Gasteiger partial charge on any atom is -0.384 e. The van der Waals surface area contributed by atoms with E-state index in [-0.39, 0.29) is 5.95 Å². The van der Waals surface area contributed by atoms with Gasteiger partial charge in [-0.3, -0.25) is 0 Å². The van der Waals surface area contributed by atoms with Crippen LogP contribution < -0.4 is 16.4 Å². The second kappa shape index (κ2) is 7.71. The van der Waals surface area contributed by atoms with E-state index in [4.69, 9.17) is 10.5 Å². The number of hydrogen-bond acceptors (Lipinski definition) is 6. The van der Waals surface area contributed by atoms with Crippen LogP contribution in [0.2, 0.25) is 0 Å². The molecule has 102 valence electrons. The zero-order valence-corrected chi connectivity index (χ0v) is 11.4. The number of methoxy groups -OCH3 is 1. The number of ether oxygens (including phenoxy) is 1. The minimum atomic E-state index is 0.276. The lowest BCUT2D eigenvalue weighted by Crippen LogP contribution is -2.17. The Morgan fingerprint density at radius 1 is 1.33 bits per heavy atom. The van der Waals surface area contributed by atoms with Crippen LogP contribution in [0.3, 0.4) is 0 Å². The van der Waals surface area contributed by atoms with Crippen LogP contribution in [0.15, 0.2) is 6.07 Å². The smallest absolute Gasteiger partial charge is 0.223 e. The Kier molecular flexibility index (Phi) is 6.21. The molecule has 0 amide bonds. The van der Waals surface area contributed by atoms with Crippen molar-refractivity contribution < 1.29 is 4.74 Å². The maximum atomic E-state index is 5.67.